The molecule has 1 aromatic carbocycles. The van der Waals surface area contributed by atoms with E-state index >= 15 is 0 Å². The Morgan fingerprint density at radius 3 is 2.43 bits per heavy atom. The topological polar surface area (TPSA) is 72.5 Å². The minimum atomic E-state index is -3.57. The third kappa shape index (κ3) is 3.28. The van der Waals surface area contributed by atoms with Crippen LogP contribution in [0.15, 0.2) is 29.2 Å². The molecule has 126 valence electrons. The molecule has 4 atom stereocenters. The Kier molecular flexibility index (Phi) is 4.47. The van der Waals surface area contributed by atoms with Crippen molar-refractivity contribution < 1.29 is 17.9 Å². The van der Waals surface area contributed by atoms with Gasteiger partial charge in [0.05, 0.1) is 17.6 Å². The van der Waals surface area contributed by atoms with E-state index in [0.29, 0.717) is 17.4 Å². The molecule has 0 saturated heterocycles. The molecule has 2 aliphatic carbocycles. The molecule has 0 spiro atoms. The van der Waals surface area contributed by atoms with Gasteiger partial charge in [0.1, 0.15) is 0 Å². The number of sulfonamides is 1. The highest BCUT2D eigenvalue weighted by molar-refractivity contribution is 7.89. The maximum atomic E-state index is 12.5. The van der Waals surface area contributed by atoms with Crippen LogP contribution in [0.1, 0.15) is 43.0 Å². The van der Waals surface area contributed by atoms with Gasteiger partial charge in [-0.3, -0.25) is 0 Å². The molecule has 2 bridgehead atoms. The van der Waals surface area contributed by atoms with Crippen molar-refractivity contribution >= 4 is 16.0 Å². The Morgan fingerprint density at radius 2 is 1.91 bits per heavy atom. The number of fused-ring (bicyclic) bond motifs is 2. The average molecular weight is 337 g/mol. The molecule has 6 heteroatoms. The van der Waals surface area contributed by atoms with Crippen molar-refractivity contribution in [2.45, 2.75) is 43.5 Å². The van der Waals surface area contributed by atoms with E-state index in [2.05, 4.69) is 9.46 Å². The largest absolute Gasteiger partial charge is 0.465 e. The molecule has 2 saturated carbocycles. The number of benzene rings is 1. The predicted octanol–water partition coefficient (Wildman–Crippen LogP) is 2.58. The average Bonchev–Trinajstić information content (AvgIpc) is 3.17. The summed E-state index contributed by atoms with van der Waals surface area (Å²) in [5.41, 5.74) is 0.340. The lowest BCUT2D eigenvalue weighted by molar-refractivity contribution is 0.0600. The van der Waals surface area contributed by atoms with Crippen LogP contribution < -0.4 is 4.72 Å². The van der Waals surface area contributed by atoms with E-state index in [1.165, 1.54) is 50.6 Å². The number of hydrogen-bond donors (Lipinski definition) is 1. The fourth-order valence-corrected chi connectivity index (χ4v) is 5.49. The predicted molar refractivity (Wildman–Crippen MR) is 86.5 cm³/mol. The maximum Gasteiger partial charge on any atom is 0.337 e. The van der Waals surface area contributed by atoms with Gasteiger partial charge in [0.15, 0.2) is 0 Å². The zero-order valence-electron chi connectivity index (χ0n) is 13.5. The van der Waals surface area contributed by atoms with Gasteiger partial charge < -0.3 is 4.74 Å². The molecule has 0 amide bonds. The summed E-state index contributed by atoms with van der Waals surface area (Å²) in [5, 5.41) is 0. The third-order valence-corrected chi connectivity index (χ3v) is 6.94. The van der Waals surface area contributed by atoms with E-state index in [1.807, 2.05) is 6.92 Å². The summed E-state index contributed by atoms with van der Waals surface area (Å²) in [6.07, 6.45) is 4.92. The first-order chi connectivity index (χ1) is 10.9. The Bertz CT molecular complexity index is 683. The quantitative estimate of drug-likeness (QED) is 0.838. The summed E-state index contributed by atoms with van der Waals surface area (Å²) in [6, 6.07) is 5.78. The SMILES string of the molecule is COC(=O)c1ccc(S(=O)(=O)NC(C)C2CC3CCC2C3)cc1. The lowest BCUT2D eigenvalue weighted by atomic mass is 9.84. The Labute approximate surface area is 137 Å². The van der Waals surface area contributed by atoms with Crippen LogP contribution in [0.2, 0.25) is 0 Å². The molecule has 0 aliphatic heterocycles. The zero-order chi connectivity index (χ0) is 16.6. The standard InChI is InChI=1S/C17H23NO4S/c1-11(16-10-12-3-4-14(16)9-12)18-23(20,21)15-7-5-13(6-8-15)17(19)22-2/h5-8,11-12,14,16,18H,3-4,9-10H2,1-2H3. The molecular formula is C17H23NO4S. The van der Waals surface area contributed by atoms with E-state index in [9.17, 15) is 13.2 Å². The van der Waals surface area contributed by atoms with Crippen molar-refractivity contribution in [2.75, 3.05) is 7.11 Å². The number of carbonyl (C=O) groups excluding carboxylic acids is 1. The second-order valence-electron chi connectivity index (χ2n) is 6.76. The van der Waals surface area contributed by atoms with Gasteiger partial charge in [-0.05, 0) is 68.2 Å². The highest BCUT2D eigenvalue weighted by Gasteiger charge is 2.42. The van der Waals surface area contributed by atoms with Gasteiger partial charge in [0.2, 0.25) is 10.0 Å². The molecule has 1 N–H and O–H groups in total. The second-order valence-corrected chi connectivity index (χ2v) is 8.48. The van der Waals surface area contributed by atoms with Crippen LogP contribution in [0, 0.1) is 17.8 Å². The number of ether oxygens (including phenoxy) is 1. The van der Waals surface area contributed by atoms with E-state index in [0.717, 1.165) is 12.3 Å². The van der Waals surface area contributed by atoms with Gasteiger partial charge in [0.25, 0.3) is 0 Å². The molecule has 0 heterocycles. The van der Waals surface area contributed by atoms with E-state index in [-0.39, 0.29) is 10.9 Å². The van der Waals surface area contributed by atoms with Gasteiger partial charge in [-0.2, -0.15) is 0 Å². The summed E-state index contributed by atoms with van der Waals surface area (Å²) in [7, 11) is -2.27. The van der Waals surface area contributed by atoms with E-state index in [4.69, 9.17) is 0 Å². The zero-order valence-corrected chi connectivity index (χ0v) is 14.3. The number of methoxy groups -OCH3 is 1. The van der Waals surface area contributed by atoms with Crippen LogP contribution in [-0.4, -0.2) is 27.5 Å². The lowest BCUT2D eigenvalue weighted by Crippen LogP contribution is -2.40. The van der Waals surface area contributed by atoms with Gasteiger partial charge in [-0.15, -0.1) is 0 Å². The van der Waals surface area contributed by atoms with Crippen LogP contribution in [0.4, 0.5) is 0 Å². The van der Waals surface area contributed by atoms with Crippen LogP contribution in [0.3, 0.4) is 0 Å². The smallest absolute Gasteiger partial charge is 0.337 e. The normalized spacial score (nSPS) is 27.8. The fourth-order valence-electron chi connectivity index (χ4n) is 4.19. The Morgan fingerprint density at radius 1 is 1.22 bits per heavy atom. The fraction of sp³-hybridized carbons (Fsp3) is 0.588. The lowest BCUT2D eigenvalue weighted by Gasteiger charge is -2.28. The van der Waals surface area contributed by atoms with Crippen molar-refractivity contribution in [2.24, 2.45) is 17.8 Å². The van der Waals surface area contributed by atoms with Crippen LogP contribution >= 0.6 is 0 Å². The van der Waals surface area contributed by atoms with Crippen LogP contribution in [0.25, 0.3) is 0 Å². The molecule has 2 fully saturated rings. The number of rotatable bonds is 5. The summed E-state index contributed by atoms with van der Waals surface area (Å²) in [5.74, 6) is 1.42. The highest BCUT2D eigenvalue weighted by Crippen LogP contribution is 2.49. The van der Waals surface area contributed by atoms with Crippen molar-refractivity contribution in [1.29, 1.82) is 0 Å². The Balaban J connectivity index is 1.70. The number of carbonyl (C=O) groups is 1. The molecule has 0 aromatic heterocycles. The molecule has 2 aliphatic rings. The van der Waals surface area contributed by atoms with Crippen LogP contribution in [0.5, 0.6) is 0 Å². The van der Waals surface area contributed by atoms with Crippen molar-refractivity contribution in [3.63, 3.8) is 0 Å². The first kappa shape index (κ1) is 16.5. The maximum absolute atomic E-state index is 12.5. The van der Waals surface area contributed by atoms with Crippen molar-refractivity contribution in [3.8, 4) is 0 Å². The minimum absolute atomic E-state index is 0.0596. The molecule has 3 rings (SSSR count). The molecule has 5 nitrogen and oxygen atoms in total. The summed E-state index contributed by atoms with van der Waals surface area (Å²) in [6.45, 7) is 1.96. The monoisotopic (exact) mass is 337 g/mol. The van der Waals surface area contributed by atoms with E-state index in [1.54, 1.807) is 0 Å². The summed E-state index contributed by atoms with van der Waals surface area (Å²) < 4.78 is 32.5. The minimum Gasteiger partial charge on any atom is -0.465 e. The number of nitrogens with one attached hydrogen (secondary N) is 1. The molecule has 4 unspecified atom stereocenters. The molecular weight excluding hydrogens is 314 g/mol. The number of hydrogen-bond acceptors (Lipinski definition) is 4. The molecule has 1 aromatic rings. The third-order valence-electron chi connectivity index (χ3n) is 5.36. The summed E-state index contributed by atoms with van der Waals surface area (Å²) >= 11 is 0. The first-order valence-corrected chi connectivity index (χ1v) is 9.59. The van der Waals surface area contributed by atoms with Crippen molar-refractivity contribution in [3.05, 3.63) is 29.8 Å². The van der Waals surface area contributed by atoms with Gasteiger partial charge in [-0.1, -0.05) is 6.42 Å². The first-order valence-electron chi connectivity index (χ1n) is 8.11. The Hall–Kier alpha value is -1.40. The number of esters is 1. The van der Waals surface area contributed by atoms with Gasteiger partial charge in [0, 0.05) is 6.04 Å². The van der Waals surface area contributed by atoms with E-state index < -0.39 is 16.0 Å². The molecule has 0 radical (unpaired) electrons. The second kappa shape index (κ2) is 6.24. The van der Waals surface area contributed by atoms with Gasteiger partial charge in [-0.25, -0.2) is 17.9 Å². The van der Waals surface area contributed by atoms with Crippen LogP contribution in [-0.2, 0) is 14.8 Å². The molecule has 23 heavy (non-hydrogen) atoms. The summed E-state index contributed by atoms with van der Waals surface area (Å²) in [4.78, 5) is 11.6. The van der Waals surface area contributed by atoms with Gasteiger partial charge >= 0.3 is 5.97 Å². The highest BCUT2D eigenvalue weighted by atomic mass is 32.2. The van der Waals surface area contributed by atoms with Crippen molar-refractivity contribution in [1.82, 2.24) is 4.72 Å².